The van der Waals surface area contributed by atoms with Crippen molar-refractivity contribution in [2.75, 3.05) is 6.54 Å². The Hall–Kier alpha value is -3.77. The van der Waals surface area contributed by atoms with E-state index in [9.17, 15) is 30.8 Å². The highest BCUT2D eigenvalue weighted by Crippen LogP contribution is 2.32. The lowest BCUT2D eigenvalue weighted by Gasteiger charge is -2.22. The summed E-state index contributed by atoms with van der Waals surface area (Å²) < 4.78 is 85.0. The number of hydrogen-bond acceptors (Lipinski definition) is 5. The van der Waals surface area contributed by atoms with Gasteiger partial charge in [-0.2, -0.15) is 17.5 Å². The molecule has 198 valence electrons. The zero-order valence-electron chi connectivity index (χ0n) is 19.7. The van der Waals surface area contributed by atoms with Gasteiger partial charge in [-0.15, -0.1) is 0 Å². The Kier molecular flexibility index (Phi) is 6.70. The van der Waals surface area contributed by atoms with Crippen molar-refractivity contribution in [2.24, 2.45) is 0 Å². The first-order valence-electron chi connectivity index (χ1n) is 11.6. The number of pyridine rings is 1. The van der Waals surface area contributed by atoms with Crippen LogP contribution >= 0.6 is 0 Å². The number of benzene rings is 2. The lowest BCUT2D eigenvalue weighted by atomic mass is 10.1. The van der Waals surface area contributed by atoms with Gasteiger partial charge in [0, 0.05) is 36.3 Å². The van der Waals surface area contributed by atoms with Crippen LogP contribution in [0.2, 0.25) is 0 Å². The fourth-order valence-electron chi connectivity index (χ4n) is 4.40. The lowest BCUT2D eigenvalue weighted by Crippen LogP contribution is -2.45. The normalized spacial score (nSPS) is 16.7. The molecule has 0 spiro atoms. The summed E-state index contributed by atoms with van der Waals surface area (Å²) in [5.41, 5.74) is 0.985. The van der Waals surface area contributed by atoms with Gasteiger partial charge in [0.15, 0.2) is 0 Å². The maximum absolute atomic E-state index is 13.5. The average molecular weight is 548 g/mol. The van der Waals surface area contributed by atoms with Gasteiger partial charge in [-0.25, -0.2) is 12.8 Å². The van der Waals surface area contributed by atoms with Crippen molar-refractivity contribution in [3.8, 4) is 11.3 Å². The number of halogens is 4. The van der Waals surface area contributed by atoms with Crippen molar-refractivity contribution in [3.05, 3.63) is 83.8 Å². The van der Waals surface area contributed by atoms with Crippen molar-refractivity contribution in [1.82, 2.24) is 14.6 Å². The molecule has 1 N–H and O–H groups in total. The summed E-state index contributed by atoms with van der Waals surface area (Å²) in [6.45, 7) is 0.183. The third-order valence-electron chi connectivity index (χ3n) is 6.32. The number of nitrogens with zero attached hydrogens (tertiary/aromatic N) is 2. The number of sulfonamides is 1. The number of furan rings is 1. The third kappa shape index (κ3) is 5.14. The van der Waals surface area contributed by atoms with Gasteiger partial charge < -0.3 is 9.73 Å². The van der Waals surface area contributed by atoms with E-state index in [0.29, 0.717) is 35.0 Å². The van der Waals surface area contributed by atoms with Crippen molar-refractivity contribution in [2.45, 2.75) is 36.7 Å². The largest absolute Gasteiger partial charge is 0.443 e. The molecule has 1 fully saturated rings. The van der Waals surface area contributed by atoms with Gasteiger partial charge in [-0.1, -0.05) is 12.1 Å². The molecule has 2 aromatic heterocycles. The van der Waals surface area contributed by atoms with Crippen LogP contribution in [0.1, 0.15) is 24.0 Å². The molecule has 1 unspecified atom stereocenters. The van der Waals surface area contributed by atoms with Gasteiger partial charge in [0.25, 0.3) is 10.0 Å². The lowest BCUT2D eigenvalue weighted by molar-refractivity contribution is -0.137. The standard InChI is InChI=1S/C26H21F4N3O4S/c27-20-7-8-23-18(13-20)14-24(37-23)38(35,36)33-11-1-2-22(33)25(34)32-15-16-9-10-31-21(12-16)17-3-5-19(6-4-17)26(28,29)30/h3-10,12-14,22H,1-2,11,15H2,(H,32,34). The molecule has 3 heterocycles. The predicted octanol–water partition coefficient (Wildman–Crippen LogP) is 5.12. The van der Waals surface area contributed by atoms with Crippen LogP contribution in [0, 0.1) is 5.82 Å². The van der Waals surface area contributed by atoms with Gasteiger partial charge in [0.2, 0.25) is 11.0 Å². The minimum absolute atomic E-state index is 0.0588. The predicted molar refractivity (Wildman–Crippen MR) is 130 cm³/mol. The molecule has 7 nitrogen and oxygen atoms in total. The Labute approximate surface area is 215 Å². The number of nitrogens with one attached hydrogen (secondary N) is 1. The van der Waals surface area contributed by atoms with Crippen molar-refractivity contribution in [1.29, 1.82) is 0 Å². The monoisotopic (exact) mass is 547 g/mol. The number of amides is 1. The van der Waals surface area contributed by atoms with E-state index in [1.165, 1.54) is 36.5 Å². The fraction of sp³-hybridized carbons (Fsp3) is 0.231. The molecule has 1 atom stereocenters. The highest BCUT2D eigenvalue weighted by atomic mass is 32.2. The first kappa shape index (κ1) is 25.9. The molecule has 1 aliphatic rings. The number of carbonyl (C=O) groups is 1. The van der Waals surface area contributed by atoms with Gasteiger partial charge in [0.1, 0.15) is 17.4 Å². The van der Waals surface area contributed by atoms with Gasteiger partial charge >= 0.3 is 6.18 Å². The van der Waals surface area contributed by atoms with Crippen LogP contribution in [0.5, 0.6) is 0 Å². The summed E-state index contributed by atoms with van der Waals surface area (Å²) in [6.07, 6.45) is -2.18. The molecule has 0 radical (unpaired) electrons. The SMILES string of the molecule is O=C(NCc1ccnc(-c2ccc(C(F)(F)F)cc2)c1)C1CCCN1S(=O)(=O)c1cc2cc(F)ccc2o1. The van der Waals surface area contributed by atoms with E-state index < -0.39 is 39.5 Å². The maximum atomic E-state index is 13.5. The number of aromatic nitrogens is 1. The molecule has 4 aromatic rings. The van der Waals surface area contributed by atoms with E-state index in [0.717, 1.165) is 22.5 Å². The fourth-order valence-corrected chi connectivity index (χ4v) is 6.01. The molecular weight excluding hydrogens is 526 g/mol. The van der Waals surface area contributed by atoms with Gasteiger partial charge in [-0.05, 0) is 60.9 Å². The zero-order valence-corrected chi connectivity index (χ0v) is 20.5. The second-order valence-corrected chi connectivity index (χ2v) is 10.7. The van der Waals surface area contributed by atoms with E-state index >= 15 is 0 Å². The quantitative estimate of drug-likeness (QED) is 0.338. The Morgan fingerprint density at radius 3 is 2.58 bits per heavy atom. The molecule has 2 aromatic carbocycles. The number of rotatable bonds is 6. The number of hydrogen-bond donors (Lipinski definition) is 1. The molecule has 0 aliphatic carbocycles. The van der Waals surface area contributed by atoms with Crippen molar-refractivity contribution < 1.29 is 35.2 Å². The van der Waals surface area contributed by atoms with E-state index in [4.69, 9.17) is 4.42 Å². The summed E-state index contributed by atoms with van der Waals surface area (Å²) in [5, 5.41) is 2.66. The van der Waals surface area contributed by atoms with Crippen LogP contribution in [0.3, 0.4) is 0 Å². The molecular formula is C26H21F4N3O4S. The highest BCUT2D eigenvalue weighted by molar-refractivity contribution is 7.89. The van der Waals surface area contributed by atoms with Crippen LogP contribution in [0.4, 0.5) is 17.6 Å². The Morgan fingerprint density at radius 2 is 1.84 bits per heavy atom. The Bertz CT molecular complexity index is 1600. The smallest absolute Gasteiger partial charge is 0.416 e. The average Bonchev–Trinajstić information content (AvgIpc) is 3.55. The summed E-state index contributed by atoms with van der Waals surface area (Å²) in [6, 6.07) is 11.8. The summed E-state index contributed by atoms with van der Waals surface area (Å²) in [5.74, 6) is -1.03. The summed E-state index contributed by atoms with van der Waals surface area (Å²) >= 11 is 0. The van der Waals surface area contributed by atoms with Crippen LogP contribution in [0.15, 0.2) is 76.4 Å². The molecule has 1 saturated heterocycles. The first-order chi connectivity index (χ1) is 18.0. The molecule has 12 heteroatoms. The third-order valence-corrected chi connectivity index (χ3v) is 8.09. The Morgan fingerprint density at radius 1 is 1.08 bits per heavy atom. The topological polar surface area (TPSA) is 92.5 Å². The van der Waals surface area contributed by atoms with Crippen LogP contribution in [-0.4, -0.2) is 36.2 Å². The summed E-state index contributed by atoms with van der Waals surface area (Å²) in [7, 11) is -4.15. The molecule has 1 amide bonds. The second-order valence-electron chi connectivity index (χ2n) is 8.86. The number of fused-ring (bicyclic) bond motifs is 1. The minimum Gasteiger partial charge on any atom is -0.443 e. The minimum atomic E-state index is -4.44. The van der Waals surface area contributed by atoms with Crippen LogP contribution in [-0.2, 0) is 27.5 Å². The molecule has 5 rings (SSSR count). The van der Waals surface area contributed by atoms with Gasteiger partial charge in [-0.3, -0.25) is 9.78 Å². The number of alkyl halides is 3. The Balaban J connectivity index is 1.28. The molecule has 0 bridgehead atoms. The van der Waals surface area contributed by atoms with Crippen LogP contribution < -0.4 is 5.32 Å². The number of carbonyl (C=O) groups excluding carboxylic acids is 1. The second kappa shape index (κ2) is 9.84. The van der Waals surface area contributed by atoms with Crippen molar-refractivity contribution in [3.63, 3.8) is 0 Å². The molecule has 38 heavy (non-hydrogen) atoms. The first-order valence-corrected chi connectivity index (χ1v) is 13.1. The zero-order chi connectivity index (χ0) is 27.1. The van der Waals surface area contributed by atoms with Crippen LogP contribution in [0.25, 0.3) is 22.2 Å². The van der Waals surface area contributed by atoms with E-state index in [2.05, 4.69) is 10.3 Å². The maximum Gasteiger partial charge on any atom is 0.416 e. The highest BCUT2D eigenvalue weighted by Gasteiger charge is 2.41. The van der Waals surface area contributed by atoms with E-state index in [-0.39, 0.29) is 23.8 Å². The van der Waals surface area contributed by atoms with Crippen molar-refractivity contribution >= 4 is 26.9 Å². The molecule has 1 aliphatic heterocycles. The summed E-state index contributed by atoms with van der Waals surface area (Å²) in [4.78, 5) is 17.2. The van der Waals surface area contributed by atoms with E-state index in [1.54, 1.807) is 12.1 Å². The van der Waals surface area contributed by atoms with E-state index in [1.807, 2.05) is 0 Å². The molecule has 0 saturated carbocycles. The van der Waals surface area contributed by atoms with Gasteiger partial charge in [0.05, 0.1) is 11.3 Å².